The Kier molecular flexibility index (Phi) is 6.97. The van der Waals surface area contributed by atoms with E-state index in [1.54, 1.807) is 60.5 Å². The molecule has 0 radical (unpaired) electrons. The smallest absolute Gasteiger partial charge is 0.254 e. The van der Waals surface area contributed by atoms with Gasteiger partial charge < -0.3 is 19.4 Å². The maximum Gasteiger partial charge on any atom is 0.254 e. The van der Waals surface area contributed by atoms with Crippen molar-refractivity contribution in [3.63, 3.8) is 0 Å². The number of carbonyl (C=O) groups excluding carboxylic acids is 2. The van der Waals surface area contributed by atoms with Crippen molar-refractivity contribution in [2.75, 3.05) is 25.2 Å². The van der Waals surface area contributed by atoms with Gasteiger partial charge in [0.2, 0.25) is 5.91 Å². The van der Waals surface area contributed by atoms with Crippen LogP contribution in [-0.4, -0.2) is 36.6 Å². The molecule has 0 saturated carbocycles. The third kappa shape index (κ3) is 5.42. The lowest BCUT2D eigenvalue weighted by Gasteiger charge is -2.22. The summed E-state index contributed by atoms with van der Waals surface area (Å²) < 4.78 is 10.6. The predicted octanol–water partition coefficient (Wildman–Crippen LogP) is 4.29. The number of ether oxygens (including phenoxy) is 1. The van der Waals surface area contributed by atoms with Crippen molar-refractivity contribution >= 4 is 29.3 Å². The fourth-order valence-corrected chi connectivity index (χ4v) is 3.23. The van der Waals surface area contributed by atoms with Gasteiger partial charge in [-0.05, 0) is 54.8 Å². The summed E-state index contributed by atoms with van der Waals surface area (Å²) >= 11 is 1.60. The van der Waals surface area contributed by atoms with Crippen molar-refractivity contribution in [1.82, 2.24) is 4.90 Å². The standard InChI is InChI=1S/C22H22N2O4S/c1-27-20-8-4-3-7-19(20)23-21(25)15-24(14-17-6-5-13-28-17)22(26)16-9-11-18(29-2)12-10-16/h3-13H,14-15H2,1-2H3,(H,23,25). The first kappa shape index (κ1) is 20.5. The molecule has 1 heterocycles. The zero-order valence-corrected chi connectivity index (χ0v) is 17.1. The van der Waals surface area contributed by atoms with Gasteiger partial charge in [-0.3, -0.25) is 9.59 Å². The first-order chi connectivity index (χ1) is 14.1. The van der Waals surface area contributed by atoms with Gasteiger partial charge in [0.25, 0.3) is 5.91 Å². The average Bonchev–Trinajstić information content (AvgIpc) is 3.26. The van der Waals surface area contributed by atoms with Crippen LogP contribution < -0.4 is 10.1 Å². The summed E-state index contributed by atoms with van der Waals surface area (Å²) in [6, 6.07) is 18.0. The lowest BCUT2D eigenvalue weighted by molar-refractivity contribution is -0.117. The Morgan fingerprint density at radius 1 is 1.07 bits per heavy atom. The van der Waals surface area contributed by atoms with E-state index in [1.165, 1.54) is 12.0 Å². The molecule has 6 nitrogen and oxygen atoms in total. The molecule has 3 rings (SSSR count). The number of carbonyl (C=O) groups is 2. The fraction of sp³-hybridized carbons (Fsp3) is 0.182. The Balaban J connectivity index is 1.77. The van der Waals surface area contributed by atoms with Gasteiger partial charge in [-0.2, -0.15) is 0 Å². The SMILES string of the molecule is COc1ccccc1NC(=O)CN(Cc1ccco1)C(=O)c1ccc(SC)cc1. The molecule has 2 amide bonds. The Labute approximate surface area is 173 Å². The van der Waals surface area contributed by atoms with Crippen LogP contribution in [0.25, 0.3) is 0 Å². The van der Waals surface area contributed by atoms with E-state index in [2.05, 4.69) is 5.32 Å². The molecule has 3 aromatic rings. The first-order valence-corrected chi connectivity index (χ1v) is 10.2. The minimum absolute atomic E-state index is 0.123. The van der Waals surface area contributed by atoms with Gasteiger partial charge in [0.1, 0.15) is 18.1 Å². The molecule has 2 aromatic carbocycles. The highest BCUT2D eigenvalue weighted by atomic mass is 32.2. The zero-order valence-electron chi connectivity index (χ0n) is 16.3. The van der Waals surface area contributed by atoms with Crippen molar-refractivity contribution in [2.45, 2.75) is 11.4 Å². The Hall–Kier alpha value is -3.19. The van der Waals surface area contributed by atoms with E-state index in [0.29, 0.717) is 22.8 Å². The molecular formula is C22H22N2O4S. The summed E-state index contributed by atoms with van der Waals surface area (Å²) in [6.07, 6.45) is 3.52. The maximum absolute atomic E-state index is 13.1. The van der Waals surface area contributed by atoms with E-state index in [4.69, 9.17) is 9.15 Å². The van der Waals surface area contributed by atoms with Crippen LogP contribution in [0.5, 0.6) is 5.75 Å². The van der Waals surface area contributed by atoms with E-state index in [-0.39, 0.29) is 24.9 Å². The number of para-hydroxylation sites is 2. The van der Waals surface area contributed by atoms with Crippen LogP contribution >= 0.6 is 11.8 Å². The Morgan fingerprint density at radius 2 is 1.83 bits per heavy atom. The molecule has 150 valence electrons. The minimum atomic E-state index is -0.324. The highest BCUT2D eigenvalue weighted by Gasteiger charge is 2.21. The van der Waals surface area contributed by atoms with Gasteiger partial charge in [0, 0.05) is 10.5 Å². The molecule has 0 fully saturated rings. The van der Waals surface area contributed by atoms with Crippen LogP contribution in [0.1, 0.15) is 16.1 Å². The Bertz CT molecular complexity index is 955. The second-order valence-corrected chi connectivity index (χ2v) is 7.10. The summed E-state index contributed by atoms with van der Waals surface area (Å²) in [6.45, 7) is 0.0668. The van der Waals surface area contributed by atoms with E-state index < -0.39 is 0 Å². The van der Waals surface area contributed by atoms with Gasteiger partial charge in [-0.25, -0.2) is 0 Å². The largest absolute Gasteiger partial charge is 0.495 e. The monoisotopic (exact) mass is 410 g/mol. The summed E-state index contributed by atoms with van der Waals surface area (Å²) in [7, 11) is 1.54. The topological polar surface area (TPSA) is 71.8 Å². The number of methoxy groups -OCH3 is 1. The van der Waals surface area contributed by atoms with Gasteiger partial charge in [0.15, 0.2) is 0 Å². The second kappa shape index (κ2) is 9.84. The molecule has 1 N–H and O–H groups in total. The lowest BCUT2D eigenvalue weighted by atomic mass is 10.2. The molecule has 0 atom stereocenters. The number of rotatable bonds is 8. The van der Waals surface area contributed by atoms with Crippen LogP contribution in [0.4, 0.5) is 5.69 Å². The number of hydrogen-bond acceptors (Lipinski definition) is 5. The van der Waals surface area contributed by atoms with Crippen molar-refractivity contribution in [2.24, 2.45) is 0 Å². The highest BCUT2D eigenvalue weighted by molar-refractivity contribution is 7.98. The van der Waals surface area contributed by atoms with Crippen LogP contribution in [0.2, 0.25) is 0 Å². The van der Waals surface area contributed by atoms with Crippen LogP contribution in [0, 0.1) is 0 Å². The molecular weight excluding hydrogens is 388 g/mol. The number of nitrogens with one attached hydrogen (secondary N) is 1. The number of nitrogens with zero attached hydrogens (tertiary/aromatic N) is 1. The van der Waals surface area contributed by atoms with Crippen LogP contribution in [-0.2, 0) is 11.3 Å². The second-order valence-electron chi connectivity index (χ2n) is 6.22. The predicted molar refractivity (Wildman–Crippen MR) is 113 cm³/mol. The summed E-state index contributed by atoms with van der Waals surface area (Å²) in [5.41, 5.74) is 1.06. The highest BCUT2D eigenvalue weighted by Crippen LogP contribution is 2.23. The van der Waals surface area contributed by atoms with Gasteiger partial charge in [0.05, 0.1) is 25.6 Å². The average molecular weight is 410 g/mol. The van der Waals surface area contributed by atoms with Gasteiger partial charge in [-0.15, -0.1) is 11.8 Å². The van der Waals surface area contributed by atoms with Crippen molar-refractivity contribution < 1.29 is 18.7 Å². The van der Waals surface area contributed by atoms with E-state index in [0.717, 1.165) is 4.90 Å². The fourth-order valence-electron chi connectivity index (χ4n) is 2.82. The summed E-state index contributed by atoms with van der Waals surface area (Å²) in [4.78, 5) is 28.2. The zero-order chi connectivity index (χ0) is 20.6. The van der Waals surface area contributed by atoms with Crippen molar-refractivity contribution in [3.8, 4) is 5.75 Å². The van der Waals surface area contributed by atoms with Crippen molar-refractivity contribution in [1.29, 1.82) is 0 Å². The van der Waals surface area contributed by atoms with E-state index in [9.17, 15) is 9.59 Å². The maximum atomic E-state index is 13.1. The number of furan rings is 1. The number of anilines is 1. The molecule has 0 aliphatic rings. The molecule has 0 saturated heterocycles. The number of amides is 2. The number of thioether (sulfide) groups is 1. The van der Waals surface area contributed by atoms with E-state index in [1.807, 2.05) is 24.5 Å². The first-order valence-electron chi connectivity index (χ1n) is 8.99. The number of hydrogen-bond donors (Lipinski definition) is 1. The molecule has 0 aliphatic heterocycles. The van der Waals surface area contributed by atoms with Crippen LogP contribution in [0.3, 0.4) is 0 Å². The summed E-state index contributed by atoms with van der Waals surface area (Å²) in [5.74, 6) is 0.584. The molecule has 0 spiro atoms. The normalized spacial score (nSPS) is 10.4. The third-order valence-electron chi connectivity index (χ3n) is 4.27. The minimum Gasteiger partial charge on any atom is -0.495 e. The lowest BCUT2D eigenvalue weighted by Crippen LogP contribution is -2.37. The molecule has 0 aliphatic carbocycles. The van der Waals surface area contributed by atoms with Gasteiger partial charge >= 0.3 is 0 Å². The third-order valence-corrected chi connectivity index (χ3v) is 5.01. The molecule has 1 aromatic heterocycles. The Morgan fingerprint density at radius 3 is 2.48 bits per heavy atom. The van der Waals surface area contributed by atoms with E-state index >= 15 is 0 Å². The number of benzene rings is 2. The quantitative estimate of drug-likeness (QED) is 0.561. The summed E-state index contributed by atoms with van der Waals surface area (Å²) in [5, 5.41) is 2.80. The van der Waals surface area contributed by atoms with Crippen molar-refractivity contribution in [3.05, 3.63) is 78.3 Å². The molecule has 7 heteroatoms. The molecule has 0 unspecified atom stereocenters. The van der Waals surface area contributed by atoms with Crippen LogP contribution in [0.15, 0.2) is 76.2 Å². The molecule has 29 heavy (non-hydrogen) atoms. The molecule has 0 bridgehead atoms. The van der Waals surface area contributed by atoms with Gasteiger partial charge in [-0.1, -0.05) is 12.1 Å².